The van der Waals surface area contributed by atoms with Gasteiger partial charge in [-0.05, 0) is 46.4 Å². The number of rotatable bonds is 8. The number of hydrogen-bond acceptors (Lipinski definition) is 7. The zero-order valence-corrected chi connectivity index (χ0v) is 21.6. The molecule has 2 heterocycles. The molecular formula is C30H36N2O5. The standard InChI is InChI=1S/C30H36N2O5/c1-34-28-13-24-11-12-32(17-25(24)14-29(28)35-2)18-26-15-27(22-7-5-21(19-33)6-8-22)37-30(36-26)23-9-3-20(16-31)4-10-23/h3-10,13-14,26-27,30,33H,11-12,15-19,31H2,1-2H3/t26-,27+,30+/m0/s1. The maximum Gasteiger partial charge on any atom is 0.184 e. The maximum absolute atomic E-state index is 9.45. The van der Waals surface area contributed by atoms with Crippen LogP contribution in [0.4, 0.5) is 0 Å². The lowest BCUT2D eigenvalue weighted by Gasteiger charge is -2.39. The van der Waals surface area contributed by atoms with Gasteiger partial charge in [-0.2, -0.15) is 0 Å². The van der Waals surface area contributed by atoms with Crippen LogP contribution in [0.5, 0.6) is 11.5 Å². The van der Waals surface area contributed by atoms with Crippen molar-refractivity contribution >= 4 is 0 Å². The fourth-order valence-electron chi connectivity index (χ4n) is 5.23. The van der Waals surface area contributed by atoms with Crippen LogP contribution in [0, 0.1) is 0 Å². The molecule has 2 aliphatic heterocycles. The van der Waals surface area contributed by atoms with Crippen LogP contribution in [0.2, 0.25) is 0 Å². The molecule has 1 fully saturated rings. The van der Waals surface area contributed by atoms with Gasteiger partial charge in [0.1, 0.15) is 0 Å². The molecule has 3 aromatic carbocycles. The monoisotopic (exact) mass is 504 g/mol. The van der Waals surface area contributed by atoms with Crippen molar-refractivity contribution in [2.75, 3.05) is 27.3 Å². The van der Waals surface area contributed by atoms with Crippen molar-refractivity contribution in [2.45, 2.75) is 51.0 Å². The summed E-state index contributed by atoms with van der Waals surface area (Å²) in [6.45, 7) is 3.12. The van der Waals surface area contributed by atoms with Crippen LogP contribution in [0.15, 0.2) is 60.7 Å². The van der Waals surface area contributed by atoms with Gasteiger partial charge in [0, 0.05) is 38.2 Å². The third-order valence-corrected chi connectivity index (χ3v) is 7.36. The van der Waals surface area contributed by atoms with E-state index < -0.39 is 6.29 Å². The van der Waals surface area contributed by atoms with Gasteiger partial charge in [-0.25, -0.2) is 0 Å². The highest BCUT2D eigenvalue weighted by molar-refractivity contribution is 5.48. The quantitative estimate of drug-likeness (QED) is 0.474. The van der Waals surface area contributed by atoms with Gasteiger partial charge in [0.2, 0.25) is 0 Å². The van der Waals surface area contributed by atoms with Crippen LogP contribution in [0.25, 0.3) is 0 Å². The van der Waals surface area contributed by atoms with Crippen molar-refractivity contribution in [1.29, 1.82) is 0 Å². The molecule has 0 aliphatic carbocycles. The van der Waals surface area contributed by atoms with Crippen LogP contribution >= 0.6 is 0 Å². The molecule has 3 N–H and O–H groups in total. The Bertz CT molecular complexity index is 1130. The first kappa shape index (κ1) is 25.7. The van der Waals surface area contributed by atoms with Crippen LogP contribution in [0.3, 0.4) is 0 Å². The van der Waals surface area contributed by atoms with E-state index in [1.807, 2.05) is 48.5 Å². The number of aliphatic hydroxyl groups is 1. The third-order valence-electron chi connectivity index (χ3n) is 7.36. The number of nitrogens with two attached hydrogens (primary N) is 1. The molecule has 0 amide bonds. The summed E-state index contributed by atoms with van der Waals surface area (Å²) < 4.78 is 24.0. The Morgan fingerprint density at radius 1 is 0.892 bits per heavy atom. The predicted molar refractivity (Wildman–Crippen MR) is 141 cm³/mol. The van der Waals surface area contributed by atoms with Gasteiger partial charge >= 0.3 is 0 Å². The zero-order chi connectivity index (χ0) is 25.8. The van der Waals surface area contributed by atoms with Gasteiger partial charge in [0.05, 0.1) is 33.0 Å². The number of hydrogen-bond donors (Lipinski definition) is 2. The van der Waals surface area contributed by atoms with E-state index in [4.69, 9.17) is 24.7 Å². The van der Waals surface area contributed by atoms with Gasteiger partial charge in [0.25, 0.3) is 0 Å². The molecule has 1 saturated heterocycles. The molecule has 3 atom stereocenters. The maximum atomic E-state index is 9.45. The van der Waals surface area contributed by atoms with Crippen LogP contribution in [-0.4, -0.2) is 43.4 Å². The van der Waals surface area contributed by atoms with Crippen molar-refractivity contribution in [1.82, 2.24) is 4.90 Å². The van der Waals surface area contributed by atoms with E-state index in [-0.39, 0.29) is 18.8 Å². The number of ether oxygens (including phenoxy) is 4. The molecule has 0 spiro atoms. The second kappa shape index (κ2) is 11.6. The van der Waals surface area contributed by atoms with E-state index in [9.17, 15) is 5.11 Å². The molecule has 37 heavy (non-hydrogen) atoms. The van der Waals surface area contributed by atoms with E-state index >= 15 is 0 Å². The molecule has 196 valence electrons. The molecule has 2 aliphatic rings. The van der Waals surface area contributed by atoms with E-state index in [1.54, 1.807) is 14.2 Å². The zero-order valence-electron chi connectivity index (χ0n) is 21.6. The molecule has 0 unspecified atom stereocenters. The van der Waals surface area contributed by atoms with Gasteiger partial charge in [-0.15, -0.1) is 0 Å². The molecule has 7 heteroatoms. The summed E-state index contributed by atoms with van der Waals surface area (Å²) in [6.07, 6.45) is 1.14. The molecule has 5 rings (SSSR count). The average molecular weight is 505 g/mol. The Morgan fingerprint density at radius 2 is 1.54 bits per heavy atom. The minimum atomic E-state index is -0.463. The van der Waals surface area contributed by atoms with Crippen LogP contribution in [-0.2, 0) is 35.6 Å². The summed E-state index contributed by atoms with van der Waals surface area (Å²) in [5.41, 5.74) is 12.4. The minimum Gasteiger partial charge on any atom is -0.493 e. The third kappa shape index (κ3) is 5.81. The van der Waals surface area contributed by atoms with Crippen molar-refractivity contribution in [3.63, 3.8) is 0 Å². The number of benzene rings is 3. The Morgan fingerprint density at radius 3 is 2.19 bits per heavy atom. The van der Waals surface area contributed by atoms with Gasteiger partial charge in [-0.3, -0.25) is 4.90 Å². The molecule has 3 aromatic rings. The Labute approximate surface area is 218 Å². The Kier molecular flexibility index (Phi) is 8.08. The molecule has 7 nitrogen and oxygen atoms in total. The molecule has 0 saturated carbocycles. The topological polar surface area (TPSA) is 86.4 Å². The molecule has 0 radical (unpaired) electrons. The van der Waals surface area contributed by atoms with Crippen molar-refractivity contribution in [2.24, 2.45) is 5.73 Å². The van der Waals surface area contributed by atoms with E-state index in [1.165, 1.54) is 11.1 Å². The predicted octanol–water partition coefficient (Wildman–Crippen LogP) is 4.26. The largest absolute Gasteiger partial charge is 0.493 e. The fraction of sp³-hybridized carbons (Fsp3) is 0.400. The van der Waals surface area contributed by atoms with Gasteiger partial charge in [-0.1, -0.05) is 48.5 Å². The van der Waals surface area contributed by atoms with Crippen molar-refractivity contribution in [3.05, 3.63) is 94.0 Å². The Balaban J connectivity index is 1.35. The van der Waals surface area contributed by atoms with Gasteiger partial charge in [0.15, 0.2) is 17.8 Å². The van der Waals surface area contributed by atoms with E-state index in [2.05, 4.69) is 17.0 Å². The van der Waals surface area contributed by atoms with Crippen molar-refractivity contribution < 1.29 is 24.1 Å². The summed E-state index contributed by atoms with van der Waals surface area (Å²) in [4.78, 5) is 2.45. The average Bonchev–Trinajstić information content (AvgIpc) is 2.96. The molecule has 0 bridgehead atoms. The fourth-order valence-corrected chi connectivity index (χ4v) is 5.23. The second-order valence-corrected chi connectivity index (χ2v) is 9.76. The highest BCUT2D eigenvalue weighted by atomic mass is 16.7. The number of aliphatic hydroxyl groups excluding tert-OH is 1. The molecule has 0 aromatic heterocycles. The first-order valence-electron chi connectivity index (χ1n) is 12.9. The lowest BCUT2D eigenvalue weighted by molar-refractivity contribution is -0.253. The lowest BCUT2D eigenvalue weighted by Crippen LogP contribution is -2.41. The highest BCUT2D eigenvalue weighted by Crippen LogP contribution is 2.39. The van der Waals surface area contributed by atoms with Crippen LogP contribution < -0.4 is 15.2 Å². The highest BCUT2D eigenvalue weighted by Gasteiger charge is 2.34. The van der Waals surface area contributed by atoms with Crippen molar-refractivity contribution in [3.8, 4) is 11.5 Å². The second-order valence-electron chi connectivity index (χ2n) is 9.76. The molecular weight excluding hydrogens is 468 g/mol. The summed E-state index contributed by atoms with van der Waals surface area (Å²) in [6, 6.07) is 20.3. The first-order chi connectivity index (χ1) is 18.1. The number of nitrogens with zero attached hydrogens (tertiary/aromatic N) is 1. The number of methoxy groups -OCH3 is 2. The minimum absolute atomic E-state index is 0.00264. The summed E-state index contributed by atoms with van der Waals surface area (Å²) in [7, 11) is 3.35. The van der Waals surface area contributed by atoms with E-state index in [0.29, 0.717) is 6.54 Å². The number of fused-ring (bicyclic) bond motifs is 1. The first-order valence-corrected chi connectivity index (χ1v) is 12.9. The van der Waals surface area contributed by atoms with Gasteiger partial charge < -0.3 is 29.8 Å². The summed E-state index contributed by atoms with van der Waals surface area (Å²) in [5, 5.41) is 9.45. The normalized spacial score (nSPS) is 21.9. The SMILES string of the molecule is COc1cc2c(cc1OC)CN(C[C@@H]1C[C@H](c3ccc(CO)cc3)O[C@H](c3ccc(CN)cc3)O1)CC2. The lowest BCUT2D eigenvalue weighted by atomic mass is 9.97. The summed E-state index contributed by atoms with van der Waals surface area (Å²) >= 11 is 0. The smallest absolute Gasteiger partial charge is 0.184 e. The van der Waals surface area contributed by atoms with E-state index in [0.717, 1.165) is 66.2 Å². The summed E-state index contributed by atoms with van der Waals surface area (Å²) in [5.74, 6) is 1.54. The Hall–Kier alpha value is -2.94. The van der Waals surface area contributed by atoms with Crippen LogP contribution in [0.1, 0.15) is 52.2 Å².